The Morgan fingerprint density at radius 1 is 1.00 bits per heavy atom. The third kappa shape index (κ3) is 2.06. The van der Waals surface area contributed by atoms with Crippen molar-refractivity contribution >= 4 is 11.8 Å². The van der Waals surface area contributed by atoms with Gasteiger partial charge < -0.3 is 4.74 Å². The molecule has 0 aromatic carbocycles. The fraction of sp³-hybridized carbons (Fsp3) is 0.846. The third-order valence-corrected chi connectivity index (χ3v) is 4.38. The molecule has 5 heteroatoms. The summed E-state index contributed by atoms with van der Waals surface area (Å²) < 4.78 is 5.28. The van der Waals surface area contributed by atoms with Gasteiger partial charge in [-0.1, -0.05) is 12.8 Å². The van der Waals surface area contributed by atoms with Crippen LogP contribution in [0.15, 0.2) is 0 Å². The monoisotopic (exact) mass is 252 g/mol. The molecule has 18 heavy (non-hydrogen) atoms. The van der Waals surface area contributed by atoms with Gasteiger partial charge >= 0.3 is 0 Å². The number of imide groups is 1. The highest BCUT2D eigenvalue weighted by atomic mass is 16.5. The number of morpholine rings is 1. The van der Waals surface area contributed by atoms with Crippen molar-refractivity contribution < 1.29 is 14.3 Å². The summed E-state index contributed by atoms with van der Waals surface area (Å²) in [6.07, 6.45) is 3.97. The lowest BCUT2D eigenvalue weighted by Gasteiger charge is -2.29. The lowest BCUT2D eigenvalue weighted by atomic mass is 9.81. The van der Waals surface area contributed by atoms with Crippen molar-refractivity contribution in [1.29, 1.82) is 0 Å². The molecule has 0 aromatic rings. The molecule has 2 aliphatic heterocycles. The molecule has 1 aliphatic carbocycles. The number of amides is 2. The van der Waals surface area contributed by atoms with Gasteiger partial charge in [0.2, 0.25) is 11.8 Å². The van der Waals surface area contributed by atoms with E-state index in [4.69, 9.17) is 4.74 Å². The molecule has 2 heterocycles. The minimum atomic E-state index is -0.0210. The first-order chi connectivity index (χ1) is 8.77. The molecule has 0 radical (unpaired) electrons. The molecule has 5 nitrogen and oxygen atoms in total. The van der Waals surface area contributed by atoms with Crippen molar-refractivity contribution in [3.8, 4) is 0 Å². The molecule has 3 aliphatic rings. The van der Waals surface area contributed by atoms with E-state index in [1.807, 2.05) is 0 Å². The summed E-state index contributed by atoms with van der Waals surface area (Å²) in [7, 11) is 0. The summed E-state index contributed by atoms with van der Waals surface area (Å²) >= 11 is 0. The van der Waals surface area contributed by atoms with Crippen molar-refractivity contribution in [3.05, 3.63) is 0 Å². The number of hydrogen-bond acceptors (Lipinski definition) is 4. The van der Waals surface area contributed by atoms with Crippen LogP contribution in [0.4, 0.5) is 0 Å². The largest absolute Gasteiger partial charge is 0.379 e. The summed E-state index contributed by atoms with van der Waals surface area (Å²) in [4.78, 5) is 28.2. The van der Waals surface area contributed by atoms with Crippen LogP contribution in [0.3, 0.4) is 0 Å². The lowest BCUT2D eigenvalue weighted by molar-refractivity contribution is -0.143. The third-order valence-electron chi connectivity index (χ3n) is 4.38. The Labute approximate surface area is 107 Å². The molecule has 1 saturated carbocycles. The van der Waals surface area contributed by atoms with E-state index in [2.05, 4.69) is 4.90 Å². The van der Waals surface area contributed by atoms with Crippen LogP contribution in [0, 0.1) is 11.8 Å². The summed E-state index contributed by atoms with van der Waals surface area (Å²) in [5, 5.41) is 0. The van der Waals surface area contributed by atoms with Crippen molar-refractivity contribution in [1.82, 2.24) is 9.80 Å². The van der Waals surface area contributed by atoms with Crippen LogP contribution in [-0.2, 0) is 14.3 Å². The van der Waals surface area contributed by atoms with Gasteiger partial charge in [-0.3, -0.25) is 19.4 Å². The summed E-state index contributed by atoms with van der Waals surface area (Å²) in [6.45, 7) is 3.49. The Morgan fingerprint density at radius 3 is 2.11 bits per heavy atom. The molecule has 100 valence electrons. The van der Waals surface area contributed by atoms with E-state index in [0.717, 1.165) is 38.8 Å². The van der Waals surface area contributed by atoms with Crippen LogP contribution in [0.5, 0.6) is 0 Å². The SMILES string of the molecule is O=C1[C@H]2CCCC[C@@H]2C(=O)N1CN1CCOCC1. The number of fused-ring (bicyclic) bond motifs is 1. The second-order valence-electron chi connectivity index (χ2n) is 5.47. The number of nitrogens with zero attached hydrogens (tertiary/aromatic N) is 2. The van der Waals surface area contributed by atoms with E-state index in [1.54, 1.807) is 0 Å². The topological polar surface area (TPSA) is 49.9 Å². The number of hydrogen-bond donors (Lipinski definition) is 0. The fourth-order valence-corrected chi connectivity index (χ4v) is 3.31. The second kappa shape index (κ2) is 4.97. The van der Waals surface area contributed by atoms with Crippen LogP contribution >= 0.6 is 0 Å². The zero-order valence-electron chi connectivity index (χ0n) is 10.6. The van der Waals surface area contributed by atoms with Gasteiger partial charge in [0.05, 0.1) is 31.7 Å². The van der Waals surface area contributed by atoms with E-state index in [1.165, 1.54) is 4.90 Å². The second-order valence-corrected chi connectivity index (χ2v) is 5.47. The maximum Gasteiger partial charge on any atom is 0.234 e. The average molecular weight is 252 g/mol. The molecular formula is C13H20N2O3. The maximum atomic E-state index is 12.3. The highest BCUT2D eigenvalue weighted by Crippen LogP contribution is 2.37. The van der Waals surface area contributed by atoms with Crippen molar-refractivity contribution in [2.45, 2.75) is 25.7 Å². The molecule has 0 unspecified atom stereocenters. The quantitative estimate of drug-likeness (QED) is 0.670. The van der Waals surface area contributed by atoms with Gasteiger partial charge in [-0.15, -0.1) is 0 Å². The number of carbonyl (C=O) groups excluding carboxylic acids is 2. The fourth-order valence-electron chi connectivity index (χ4n) is 3.31. The Morgan fingerprint density at radius 2 is 1.56 bits per heavy atom. The zero-order valence-corrected chi connectivity index (χ0v) is 10.6. The van der Waals surface area contributed by atoms with E-state index in [9.17, 15) is 9.59 Å². The van der Waals surface area contributed by atoms with E-state index in [-0.39, 0.29) is 23.7 Å². The van der Waals surface area contributed by atoms with Crippen LogP contribution in [0.25, 0.3) is 0 Å². The maximum absolute atomic E-state index is 12.3. The first-order valence-electron chi connectivity index (χ1n) is 6.92. The van der Waals surface area contributed by atoms with E-state index >= 15 is 0 Å². The lowest BCUT2D eigenvalue weighted by Crippen LogP contribution is -2.46. The van der Waals surface area contributed by atoms with Gasteiger partial charge in [-0.25, -0.2) is 0 Å². The summed E-state index contributed by atoms with van der Waals surface area (Å²) in [5.74, 6) is 0.0898. The van der Waals surface area contributed by atoms with E-state index < -0.39 is 0 Å². The Bertz CT molecular complexity index is 328. The smallest absolute Gasteiger partial charge is 0.234 e. The summed E-state index contributed by atoms with van der Waals surface area (Å²) in [6, 6.07) is 0. The minimum absolute atomic E-state index is 0.0210. The highest BCUT2D eigenvalue weighted by molar-refractivity contribution is 6.05. The molecule has 0 N–H and O–H groups in total. The Hall–Kier alpha value is -0.940. The molecule has 3 fully saturated rings. The zero-order chi connectivity index (χ0) is 12.5. The first-order valence-corrected chi connectivity index (χ1v) is 6.92. The van der Waals surface area contributed by atoms with Gasteiger partial charge in [-0.05, 0) is 12.8 Å². The molecule has 2 saturated heterocycles. The Balaban J connectivity index is 1.68. The number of rotatable bonds is 2. The highest BCUT2D eigenvalue weighted by Gasteiger charge is 2.48. The summed E-state index contributed by atoms with van der Waals surface area (Å²) in [5.41, 5.74) is 0. The molecule has 0 spiro atoms. The van der Waals surface area contributed by atoms with Crippen LogP contribution in [0.1, 0.15) is 25.7 Å². The van der Waals surface area contributed by atoms with Crippen molar-refractivity contribution in [2.24, 2.45) is 11.8 Å². The standard InChI is InChI=1S/C13H20N2O3/c16-12-10-3-1-2-4-11(10)13(17)15(12)9-14-5-7-18-8-6-14/h10-11H,1-9H2/t10-,11-/m0/s1. The van der Waals surface area contributed by atoms with Crippen LogP contribution in [-0.4, -0.2) is 54.6 Å². The predicted molar refractivity (Wildman–Crippen MR) is 64.6 cm³/mol. The van der Waals surface area contributed by atoms with Gasteiger partial charge in [0.25, 0.3) is 0 Å². The average Bonchev–Trinajstić information content (AvgIpc) is 2.66. The van der Waals surface area contributed by atoms with Crippen molar-refractivity contribution in [2.75, 3.05) is 33.0 Å². The number of ether oxygens (including phenoxy) is 1. The Kier molecular flexibility index (Phi) is 3.35. The van der Waals surface area contributed by atoms with E-state index in [0.29, 0.717) is 19.9 Å². The molecule has 3 rings (SSSR count). The molecular weight excluding hydrogens is 232 g/mol. The van der Waals surface area contributed by atoms with Crippen LogP contribution in [0.2, 0.25) is 0 Å². The molecule has 0 aromatic heterocycles. The normalized spacial score (nSPS) is 33.9. The van der Waals surface area contributed by atoms with Crippen LogP contribution < -0.4 is 0 Å². The predicted octanol–water partition coefficient (Wildman–Crippen LogP) is 0.451. The first kappa shape index (κ1) is 12.1. The minimum Gasteiger partial charge on any atom is -0.379 e. The number of carbonyl (C=O) groups is 2. The molecule has 0 bridgehead atoms. The van der Waals surface area contributed by atoms with Gasteiger partial charge in [-0.2, -0.15) is 0 Å². The van der Waals surface area contributed by atoms with Gasteiger partial charge in [0.15, 0.2) is 0 Å². The van der Waals surface area contributed by atoms with Gasteiger partial charge in [0.1, 0.15) is 0 Å². The number of likely N-dealkylation sites (tertiary alicyclic amines) is 1. The van der Waals surface area contributed by atoms with Crippen molar-refractivity contribution in [3.63, 3.8) is 0 Å². The van der Waals surface area contributed by atoms with Gasteiger partial charge in [0, 0.05) is 13.1 Å². The molecule has 2 amide bonds. The molecule has 2 atom stereocenters.